The first-order valence-electron chi connectivity index (χ1n) is 6.70. The maximum Gasteiger partial charge on any atom is 0.410 e. The van der Waals surface area contributed by atoms with Gasteiger partial charge >= 0.3 is 6.09 Å². The van der Waals surface area contributed by atoms with Crippen LogP contribution >= 0.6 is 0 Å². The van der Waals surface area contributed by atoms with Crippen LogP contribution in [0.2, 0.25) is 0 Å². The molecule has 0 spiro atoms. The Morgan fingerprint density at radius 3 is 1.74 bits per heavy atom. The number of hydrogen-bond acceptors (Lipinski definition) is 5. The highest BCUT2D eigenvalue weighted by Crippen LogP contribution is 2.09. The van der Waals surface area contributed by atoms with Crippen LogP contribution in [-0.2, 0) is 18.9 Å². The molecule has 1 amide bonds. The third kappa shape index (κ3) is 8.02. The van der Waals surface area contributed by atoms with E-state index >= 15 is 0 Å². The molecular formula is C13H25NO5. The zero-order valence-corrected chi connectivity index (χ0v) is 12.1. The normalized spacial score (nSPS) is 20.3. The van der Waals surface area contributed by atoms with E-state index in [2.05, 4.69) is 0 Å². The van der Waals surface area contributed by atoms with Crippen LogP contribution in [0.5, 0.6) is 0 Å². The van der Waals surface area contributed by atoms with Gasteiger partial charge in [0.1, 0.15) is 5.60 Å². The van der Waals surface area contributed by atoms with E-state index in [0.717, 1.165) is 0 Å². The predicted octanol–water partition coefficient (Wildman–Crippen LogP) is 1.29. The molecule has 0 unspecified atom stereocenters. The molecule has 6 nitrogen and oxygen atoms in total. The van der Waals surface area contributed by atoms with Crippen LogP contribution < -0.4 is 0 Å². The van der Waals surface area contributed by atoms with E-state index in [0.29, 0.717) is 52.7 Å². The highest BCUT2D eigenvalue weighted by molar-refractivity contribution is 5.68. The molecule has 19 heavy (non-hydrogen) atoms. The Kier molecular flexibility index (Phi) is 7.12. The van der Waals surface area contributed by atoms with Crippen LogP contribution in [0.1, 0.15) is 20.8 Å². The lowest BCUT2D eigenvalue weighted by Gasteiger charge is -2.27. The molecule has 1 fully saturated rings. The third-order valence-corrected chi connectivity index (χ3v) is 2.41. The van der Waals surface area contributed by atoms with Gasteiger partial charge in [0, 0.05) is 13.1 Å². The summed E-state index contributed by atoms with van der Waals surface area (Å²) in [6.45, 7) is 9.67. The summed E-state index contributed by atoms with van der Waals surface area (Å²) in [4.78, 5) is 13.6. The van der Waals surface area contributed by atoms with Crippen molar-refractivity contribution >= 4 is 6.09 Å². The third-order valence-electron chi connectivity index (χ3n) is 2.41. The first kappa shape index (κ1) is 16.2. The van der Waals surface area contributed by atoms with Crippen molar-refractivity contribution in [2.24, 2.45) is 0 Å². The van der Waals surface area contributed by atoms with Crippen LogP contribution in [0.15, 0.2) is 0 Å². The topological polar surface area (TPSA) is 57.2 Å². The number of rotatable bonds is 0. The molecule has 0 aromatic carbocycles. The first-order chi connectivity index (χ1) is 8.99. The van der Waals surface area contributed by atoms with Gasteiger partial charge in [-0.25, -0.2) is 4.79 Å². The number of nitrogens with zero attached hydrogens (tertiary/aromatic N) is 1. The summed E-state index contributed by atoms with van der Waals surface area (Å²) >= 11 is 0. The molecule has 112 valence electrons. The molecule has 0 N–H and O–H groups in total. The average Bonchev–Trinajstić information content (AvgIpc) is 2.27. The van der Waals surface area contributed by atoms with Gasteiger partial charge in [-0.2, -0.15) is 0 Å². The van der Waals surface area contributed by atoms with E-state index in [4.69, 9.17) is 18.9 Å². The van der Waals surface area contributed by atoms with Crippen molar-refractivity contribution in [3.05, 3.63) is 0 Å². The molecule has 0 aliphatic carbocycles. The van der Waals surface area contributed by atoms with Gasteiger partial charge in [0.25, 0.3) is 0 Å². The van der Waals surface area contributed by atoms with Gasteiger partial charge in [-0.05, 0) is 20.8 Å². The number of ether oxygens (including phenoxy) is 4. The molecule has 0 atom stereocenters. The summed E-state index contributed by atoms with van der Waals surface area (Å²) in [6.07, 6.45) is -0.326. The largest absolute Gasteiger partial charge is 0.444 e. The molecule has 6 heteroatoms. The number of carbonyl (C=O) groups is 1. The van der Waals surface area contributed by atoms with Crippen molar-refractivity contribution in [2.45, 2.75) is 26.4 Å². The van der Waals surface area contributed by atoms with Crippen molar-refractivity contribution in [1.82, 2.24) is 4.90 Å². The molecule has 1 rings (SSSR count). The van der Waals surface area contributed by atoms with E-state index in [1.54, 1.807) is 4.90 Å². The van der Waals surface area contributed by atoms with Crippen molar-refractivity contribution in [1.29, 1.82) is 0 Å². The monoisotopic (exact) mass is 275 g/mol. The van der Waals surface area contributed by atoms with Crippen LogP contribution in [0.4, 0.5) is 4.79 Å². The van der Waals surface area contributed by atoms with E-state index in [9.17, 15) is 4.79 Å². The fourth-order valence-electron chi connectivity index (χ4n) is 1.51. The molecule has 1 aliphatic rings. The number of amides is 1. The van der Waals surface area contributed by atoms with Crippen molar-refractivity contribution in [2.75, 3.05) is 52.7 Å². The maximum absolute atomic E-state index is 12.0. The summed E-state index contributed by atoms with van der Waals surface area (Å²) in [5.74, 6) is 0. The minimum atomic E-state index is -0.490. The lowest BCUT2D eigenvalue weighted by molar-refractivity contribution is -0.0169. The van der Waals surface area contributed by atoms with Gasteiger partial charge in [-0.15, -0.1) is 0 Å². The molecule has 0 bridgehead atoms. The molecule has 0 aromatic rings. The molecule has 0 saturated carbocycles. The first-order valence-corrected chi connectivity index (χ1v) is 6.70. The summed E-state index contributed by atoms with van der Waals surface area (Å²) in [7, 11) is 0. The Hall–Kier alpha value is -0.850. The summed E-state index contributed by atoms with van der Waals surface area (Å²) in [5.41, 5.74) is -0.490. The van der Waals surface area contributed by atoms with Gasteiger partial charge in [-0.1, -0.05) is 0 Å². The number of carbonyl (C=O) groups excluding carboxylic acids is 1. The number of hydrogen-bond donors (Lipinski definition) is 0. The minimum absolute atomic E-state index is 0.326. The molecule has 1 heterocycles. The summed E-state index contributed by atoms with van der Waals surface area (Å²) in [5, 5.41) is 0. The second kappa shape index (κ2) is 8.35. The zero-order valence-electron chi connectivity index (χ0n) is 12.1. The second-order valence-corrected chi connectivity index (χ2v) is 5.30. The van der Waals surface area contributed by atoms with E-state index in [1.165, 1.54) is 0 Å². The summed E-state index contributed by atoms with van der Waals surface area (Å²) in [6, 6.07) is 0. The smallest absolute Gasteiger partial charge is 0.410 e. The quantitative estimate of drug-likeness (QED) is 0.666. The predicted molar refractivity (Wildman–Crippen MR) is 70.3 cm³/mol. The Morgan fingerprint density at radius 2 is 1.32 bits per heavy atom. The lowest BCUT2D eigenvalue weighted by Crippen LogP contribution is -2.40. The van der Waals surface area contributed by atoms with Gasteiger partial charge in [0.2, 0.25) is 0 Å². The molecule has 0 radical (unpaired) electrons. The van der Waals surface area contributed by atoms with E-state index in [-0.39, 0.29) is 6.09 Å². The summed E-state index contributed by atoms with van der Waals surface area (Å²) < 4.78 is 21.4. The van der Waals surface area contributed by atoms with E-state index in [1.807, 2.05) is 20.8 Å². The fourth-order valence-corrected chi connectivity index (χ4v) is 1.51. The molecular weight excluding hydrogens is 250 g/mol. The molecule has 1 saturated heterocycles. The molecule has 1 aliphatic heterocycles. The highest BCUT2D eigenvalue weighted by Gasteiger charge is 2.21. The Morgan fingerprint density at radius 1 is 0.895 bits per heavy atom. The SMILES string of the molecule is CC(C)(C)OC(=O)N1CCOCCOCCOCC1. The zero-order chi connectivity index (χ0) is 14.1. The van der Waals surface area contributed by atoms with Crippen molar-refractivity contribution in [3.8, 4) is 0 Å². The van der Waals surface area contributed by atoms with Gasteiger partial charge in [0.05, 0.1) is 39.6 Å². The standard InChI is InChI=1S/C13H25NO5/c1-13(2,3)19-12(15)14-4-6-16-8-10-18-11-9-17-7-5-14/h4-11H2,1-3H3. The lowest BCUT2D eigenvalue weighted by atomic mass is 10.2. The Labute approximate surface area is 114 Å². The van der Waals surface area contributed by atoms with Crippen molar-refractivity contribution in [3.63, 3.8) is 0 Å². The van der Waals surface area contributed by atoms with Gasteiger partial charge in [0.15, 0.2) is 0 Å². The average molecular weight is 275 g/mol. The Balaban J connectivity index is 2.44. The molecule has 0 aromatic heterocycles. The van der Waals surface area contributed by atoms with Crippen molar-refractivity contribution < 1.29 is 23.7 Å². The van der Waals surface area contributed by atoms with Gasteiger partial charge < -0.3 is 23.8 Å². The van der Waals surface area contributed by atoms with Crippen LogP contribution in [0, 0.1) is 0 Å². The Bertz CT molecular complexity index is 252. The minimum Gasteiger partial charge on any atom is -0.444 e. The van der Waals surface area contributed by atoms with Crippen LogP contribution in [0.25, 0.3) is 0 Å². The van der Waals surface area contributed by atoms with Gasteiger partial charge in [-0.3, -0.25) is 0 Å². The maximum atomic E-state index is 12.0. The second-order valence-electron chi connectivity index (χ2n) is 5.30. The highest BCUT2D eigenvalue weighted by atomic mass is 16.6. The van der Waals surface area contributed by atoms with Crippen LogP contribution in [0.3, 0.4) is 0 Å². The fraction of sp³-hybridized carbons (Fsp3) is 0.923. The van der Waals surface area contributed by atoms with Crippen LogP contribution in [-0.4, -0.2) is 69.3 Å². The van der Waals surface area contributed by atoms with E-state index < -0.39 is 5.60 Å².